The van der Waals surface area contributed by atoms with Gasteiger partial charge in [-0.15, -0.1) is 6.08 Å². The third kappa shape index (κ3) is 3.17. The summed E-state index contributed by atoms with van der Waals surface area (Å²) in [5.41, 5.74) is 1.96. The molecule has 88 valence electrons. The molecule has 0 aromatic rings. The van der Waals surface area contributed by atoms with Gasteiger partial charge in [-0.2, -0.15) is 0 Å². The zero-order valence-corrected chi connectivity index (χ0v) is 10.7. The van der Waals surface area contributed by atoms with Gasteiger partial charge in [-0.05, 0) is 13.8 Å². The Morgan fingerprint density at radius 3 is 2.38 bits per heavy atom. The maximum Gasteiger partial charge on any atom is 0.251 e. The number of likely N-dealkylation sites (N-methyl/N-ethyl adjacent to an activating group) is 1. The number of allylic oxidation sites excluding steroid dienone is 4. The molecule has 0 atom stereocenters. The minimum atomic E-state index is 0.157. The largest absolute Gasteiger partial charge is 0.311 e. The molecular weight excluding hydrogens is 198 g/mol. The van der Waals surface area contributed by atoms with E-state index in [1.807, 2.05) is 19.9 Å². The lowest BCUT2D eigenvalue weighted by atomic mass is 10.1. The minimum absolute atomic E-state index is 0.157. The monoisotopic (exact) mass is 220 g/mol. The number of ketones is 1. The molecule has 0 aliphatic heterocycles. The molecule has 1 aliphatic rings. The number of quaternary nitrogens is 1. The molecule has 0 amide bonds. The van der Waals surface area contributed by atoms with Gasteiger partial charge in [-0.1, -0.05) is 11.6 Å². The Morgan fingerprint density at radius 1 is 1.25 bits per heavy atom. The standard InChI is InChI=1S/C14H21NO/c1-6-15(7-2)13-9-8-12(5)14(10-13)16-11(3)4/h5,8-11H,6-7H2,1-4H3/p+1. The summed E-state index contributed by atoms with van der Waals surface area (Å²) in [6.45, 7) is 16.4. The maximum atomic E-state index is 5.89. The molecule has 0 spiro atoms. The first-order chi connectivity index (χ1) is 7.58. The van der Waals surface area contributed by atoms with Crippen molar-refractivity contribution in [3.63, 3.8) is 0 Å². The first-order valence-corrected chi connectivity index (χ1v) is 5.99. The fraction of sp³-hybridized carbons (Fsp3) is 0.500. The van der Waals surface area contributed by atoms with Crippen LogP contribution in [0.3, 0.4) is 0 Å². The van der Waals surface area contributed by atoms with Crippen LogP contribution in [0.15, 0.2) is 29.5 Å². The molecule has 16 heavy (non-hydrogen) atoms. The molecule has 1 aliphatic carbocycles. The van der Waals surface area contributed by atoms with Crippen LogP contribution in [0.25, 0.3) is 0 Å². The van der Waals surface area contributed by atoms with Gasteiger partial charge in [0.15, 0.2) is 0 Å². The Kier molecular flexibility index (Phi) is 4.69. The smallest absolute Gasteiger partial charge is 0.251 e. The minimum Gasteiger partial charge on any atom is -0.311 e. The molecule has 2 heteroatoms. The summed E-state index contributed by atoms with van der Waals surface area (Å²) >= 11 is 0. The van der Waals surface area contributed by atoms with E-state index in [0.717, 1.165) is 18.9 Å². The van der Waals surface area contributed by atoms with Crippen molar-refractivity contribution in [2.45, 2.75) is 33.8 Å². The summed E-state index contributed by atoms with van der Waals surface area (Å²) in [5, 5.41) is 0. The average Bonchev–Trinajstić information content (AvgIpc) is 2.23. The van der Waals surface area contributed by atoms with Gasteiger partial charge in [0.1, 0.15) is 5.70 Å². The molecule has 0 aromatic heterocycles. The fourth-order valence-corrected chi connectivity index (χ4v) is 1.77. The van der Waals surface area contributed by atoms with Gasteiger partial charge in [-0.25, -0.2) is 6.58 Å². The molecule has 0 heterocycles. The van der Waals surface area contributed by atoms with E-state index in [4.69, 9.17) is 11.0 Å². The summed E-state index contributed by atoms with van der Waals surface area (Å²) in [6, 6.07) is 0. The van der Waals surface area contributed by atoms with Crippen LogP contribution in [0, 0.1) is 6.58 Å². The van der Waals surface area contributed by atoms with Gasteiger partial charge in [0.2, 0.25) is 5.78 Å². The van der Waals surface area contributed by atoms with Crippen molar-refractivity contribution in [3.8, 4) is 0 Å². The topological polar surface area (TPSA) is 15.7 Å². The van der Waals surface area contributed by atoms with Crippen LogP contribution in [-0.4, -0.2) is 25.0 Å². The van der Waals surface area contributed by atoms with Crippen molar-refractivity contribution in [1.29, 1.82) is 0 Å². The second kappa shape index (κ2) is 5.80. The molecule has 0 unspecified atom stereocenters. The van der Waals surface area contributed by atoms with E-state index in [0.29, 0.717) is 5.57 Å². The molecule has 0 radical (unpaired) electrons. The zero-order valence-electron chi connectivity index (χ0n) is 10.7. The van der Waals surface area contributed by atoms with Gasteiger partial charge in [0, 0.05) is 19.9 Å². The summed E-state index contributed by atoms with van der Waals surface area (Å²) in [5.74, 6) is 0.798. The predicted octanol–water partition coefficient (Wildman–Crippen LogP) is 1.24. The highest BCUT2D eigenvalue weighted by molar-refractivity contribution is 6.07. The number of rotatable bonds is 4. The Hall–Kier alpha value is -1.15. The Labute approximate surface area is 98.6 Å². The van der Waals surface area contributed by atoms with E-state index in [9.17, 15) is 0 Å². The Balaban J connectivity index is 2.96. The van der Waals surface area contributed by atoms with E-state index in [-0.39, 0.29) is 6.10 Å². The first-order valence-electron chi connectivity index (χ1n) is 5.99. The van der Waals surface area contributed by atoms with Crippen molar-refractivity contribution in [1.82, 2.24) is 0 Å². The lowest BCUT2D eigenvalue weighted by Gasteiger charge is -2.19. The van der Waals surface area contributed by atoms with Gasteiger partial charge >= 0.3 is 0 Å². The third-order valence-electron chi connectivity index (χ3n) is 2.64. The number of hydrogen-bond acceptors (Lipinski definition) is 0. The van der Waals surface area contributed by atoms with Crippen molar-refractivity contribution in [2.75, 3.05) is 13.1 Å². The van der Waals surface area contributed by atoms with Crippen LogP contribution in [0.5, 0.6) is 0 Å². The first kappa shape index (κ1) is 12.9. The molecule has 2 nitrogen and oxygen atoms in total. The maximum absolute atomic E-state index is 5.89. The Bertz CT molecular complexity index is 344. The second-order valence-electron chi connectivity index (χ2n) is 4.23. The van der Waals surface area contributed by atoms with E-state index in [1.165, 1.54) is 10.6 Å². The van der Waals surface area contributed by atoms with E-state index < -0.39 is 0 Å². The molecule has 0 bridgehead atoms. The van der Waals surface area contributed by atoms with Gasteiger partial charge < -0.3 is 9.32 Å². The van der Waals surface area contributed by atoms with Crippen molar-refractivity contribution in [3.05, 3.63) is 36.1 Å². The molecule has 0 aromatic carbocycles. The van der Waals surface area contributed by atoms with Crippen LogP contribution >= 0.6 is 0 Å². The number of nitrogens with one attached hydrogen (secondary N) is 1. The predicted molar refractivity (Wildman–Crippen MR) is 67.2 cm³/mol. The lowest BCUT2D eigenvalue weighted by molar-refractivity contribution is -0.853. The molecule has 1 N–H and O–H groups in total. The Morgan fingerprint density at radius 2 is 1.88 bits per heavy atom. The highest BCUT2D eigenvalue weighted by Gasteiger charge is 2.16. The molecule has 0 saturated heterocycles. The van der Waals surface area contributed by atoms with Crippen molar-refractivity contribution in [2.24, 2.45) is 0 Å². The molecule has 0 fully saturated rings. The molecule has 1 rings (SSSR count). The normalized spacial score (nSPS) is 18.8. The second-order valence-corrected chi connectivity index (χ2v) is 4.23. The molecular formula is C14H22NO+. The molecule has 0 saturated carbocycles. The van der Waals surface area contributed by atoms with E-state index >= 15 is 0 Å². The number of hydrogen-bond donors (Lipinski definition) is 1. The third-order valence-corrected chi connectivity index (χ3v) is 2.64. The van der Waals surface area contributed by atoms with Crippen LogP contribution < -0.4 is 4.90 Å². The highest BCUT2D eigenvalue weighted by atomic mass is 16.4. The van der Waals surface area contributed by atoms with Gasteiger partial charge in [0.25, 0.3) is 6.10 Å². The van der Waals surface area contributed by atoms with Crippen LogP contribution in [0.1, 0.15) is 27.7 Å². The van der Waals surface area contributed by atoms with Crippen LogP contribution in [0.4, 0.5) is 0 Å². The van der Waals surface area contributed by atoms with E-state index in [1.54, 1.807) is 0 Å². The van der Waals surface area contributed by atoms with Crippen LogP contribution in [0.2, 0.25) is 0 Å². The van der Waals surface area contributed by atoms with E-state index in [2.05, 4.69) is 26.0 Å². The summed E-state index contributed by atoms with van der Waals surface area (Å²) in [6.07, 6.45) is 6.21. The van der Waals surface area contributed by atoms with Crippen LogP contribution in [-0.2, 0) is 4.42 Å². The summed E-state index contributed by atoms with van der Waals surface area (Å²) < 4.78 is 5.69. The summed E-state index contributed by atoms with van der Waals surface area (Å²) in [7, 11) is 0. The van der Waals surface area contributed by atoms with Gasteiger partial charge in [0.05, 0.1) is 13.1 Å². The highest BCUT2D eigenvalue weighted by Crippen LogP contribution is 2.08. The fourth-order valence-electron chi connectivity index (χ4n) is 1.77. The zero-order chi connectivity index (χ0) is 12.1. The van der Waals surface area contributed by atoms with Crippen molar-refractivity contribution >= 4 is 5.78 Å². The SMILES string of the molecule is [CH-]=C1C=CC([NH+](CC)CC)=CC1=[O+]C(C)C. The van der Waals surface area contributed by atoms with Crippen molar-refractivity contribution < 1.29 is 9.32 Å². The summed E-state index contributed by atoms with van der Waals surface area (Å²) in [4.78, 5) is 1.44. The average molecular weight is 220 g/mol. The quantitative estimate of drug-likeness (QED) is 0.417. The van der Waals surface area contributed by atoms with Gasteiger partial charge in [-0.3, -0.25) is 0 Å². The lowest BCUT2D eigenvalue weighted by Crippen LogP contribution is -3.09. The number of carbonyl (C=O) groups excluding carboxylic acids is 1.